The molecule has 0 bridgehead atoms. The molecular formula is C17H23BrClN3O2. The molecule has 0 saturated carbocycles. The van der Waals surface area contributed by atoms with Gasteiger partial charge in [-0.05, 0) is 53.9 Å². The molecule has 3 rings (SSSR count). The Balaban J connectivity index is 0.00000208. The smallest absolute Gasteiger partial charge is 0.227 e. The van der Waals surface area contributed by atoms with Crippen LogP contribution in [0.2, 0.25) is 0 Å². The second kappa shape index (κ2) is 8.83. The minimum atomic E-state index is -0.0205. The Kier molecular flexibility index (Phi) is 7.07. The number of halogens is 2. The quantitative estimate of drug-likeness (QED) is 0.796. The molecule has 1 unspecified atom stereocenters. The zero-order valence-corrected chi connectivity index (χ0v) is 15.9. The van der Waals surface area contributed by atoms with Crippen LogP contribution < -0.4 is 10.6 Å². The lowest BCUT2D eigenvalue weighted by molar-refractivity contribution is -0.137. The van der Waals surface area contributed by atoms with Crippen molar-refractivity contribution < 1.29 is 9.59 Å². The summed E-state index contributed by atoms with van der Waals surface area (Å²) < 4.78 is 0.884. The van der Waals surface area contributed by atoms with E-state index in [0.29, 0.717) is 13.1 Å². The first kappa shape index (κ1) is 19.2. The van der Waals surface area contributed by atoms with Gasteiger partial charge in [0.25, 0.3) is 0 Å². The molecule has 2 N–H and O–H groups in total. The van der Waals surface area contributed by atoms with Gasteiger partial charge in [-0.15, -0.1) is 12.4 Å². The first-order valence-electron chi connectivity index (χ1n) is 8.20. The van der Waals surface area contributed by atoms with Gasteiger partial charge in [-0.25, -0.2) is 0 Å². The van der Waals surface area contributed by atoms with Gasteiger partial charge in [0.05, 0.1) is 11.6 Å². The van der Waals surface area contributed by atoms with Crippen molar-refractivity contribution in [3.63, 3.8) is 0 Å². The molecule has 5 nitrogen and oxygen atoms in total. The Hall–Kier alpha value is -1.11. The number of nitrogens with one attached hydrogen (secondary N) is 2. The first-order chi connectivity index (χ1) is 11.1. The number of likely N-dealkylation sites (tertiary alicyclic amines) is 1. The number of benzene rings is 1. The average molecular weight is 417 g/mol. The van der Waals surface area contributed by atoms with E-state index in [2.05, 4.69) is 26.6 Å². The minimum Gasteiger partial charge on any atom is -0.342 e. The third-order valence-corrected chi connectivity index (χ3v) is 5.41. The maximum absolute atomic E-state index is 12.4. The molecule has 0 spiro atoms. The fraction of sp³-hybridized carbons (Fsp3) is 0.529. The van der Waals surface area contributed by atoms with Crippen LogP contribution in [0.4, 0.5) is 5.69 Å². The van der Waals surface area contributed by atoms with Crippen molar-refractivity contribution >= 4 is 45.8 Å². The highest BCUT2D eigenvalue weighted by atomic mass is 79.9. The summed E-state index contributed by atoms with van der Waals surface area (Å²) in [7, 11) is 0. The molecule has 2 aliphatic heterocycles. The van der Waals surface area contributed by atoms with Crippen LogP contribution in [0.3, 0.4) is 0 Å². The maximum Gasteiger partial charge on any atom is 0.227 e. The zero-order valence-electron chi connectivity index (χ0n) is 13.5. The molecule has 0 radical (unpaired) electrons. The summed E-state index contributed by atoms with van der Waals surface area (Å²) in [6.45, 7) is 3.09. The highest BCUT2D eigenvalue weighted by Gasteiger charge is 2.32. The summed E-state index contributed by atoms with van der Waals surface area (Å²) in [4.78, 5) is 26.7. The van der Waals surface area contributed by atoms with E-state index in [-0.39, 0.29) is 36.1 Å². The van der Waals surface area contributed by atoms with Crippen molar-refractivity contribution in [2.75, 3.05) is 31.5 Å². The van der Waals surface area contributed by atoms with Gasteiger partial charge in [-0.1, -0.05) is 12.1 Å². The second-order valence-electron chi connectivity index (χ2n) is 6.26. The van der Waals surface area contributed by atoms with Crippen LogP contribution in [-0.4, -0.2) is 42.9 Å². The number of hydrogen-bond donors (Lipinski definition) is 2. The van der Waals surface area contributed by atoms with E-state index in [9.17, 15) is 9.59 Å². The number of hydrogen-bond acceptors (Lipinski definition) is 3. The second-order valence-corrected chi connectivity index (χ2v) is 7.11. The number of anilines is 1. The lowest BCUT2D eigenvalue weighted by Gasteiger charge is -2.33. The minimum absolute atomic E-state index is 0. The van der Waals surface area contributed by atoms with E-state index in [4.69, 9.17) is 0 Å². The van der Waals surface area contributed by atoms with Gasteiger partial charge in [0, 0.05) is 30.0 Å². The van der Waals surface area contributed by atoms with Crippen molar-refractivity contribution in [1.29, 1.82) is 0 Å². The standard InChI is InChI=1S/C17H22BrN3O2.ClH/c18-14-3-1-2-4-15(14)20-16(22)12-6-9-21(10-7-12)17(23)13-5-8-19-11-13;/h1-4,12-13,19H,5-11H2,(H,20,22);1H. The predicted octanol–water partition coefficient (Wildman–Crippen LogP) is 2.66. The average Bonchev–Trinajstić information content (AvgIpc) is 3.11. The third-order valence-electron chi connectivity index (χ3n) is 4.72. The normalized spacial score (nSPS) is 21.2. The molecule has 132 valence electrons. The molecule has 2 saturated heterocycles. The van der Waals surface area contributed by atoms with E-state index in [1.807, 2.05) is 29.2 Å². The molecule has 1 aromatic carbocycles. The van der Waals surface area contributed by atoms with Crippen LogP contribution in [0.1, 0.15) is 19.3 Å². The molecule has 0 aliphatic carbocycles. The number of piperidine rings is 1. The van der Waals surface area contributed by atoms with Gasteiger partial charge in [-0.3, -0.25) is 9.59 Å². The fourth-order valence-corrected chi connectivity index (χ4v) is 3.67. The van der Waals surface area contributed by atoms with Gasteiger partial charge in [-0.2, -0.15) is 0 Å². The van der Waals surface area contributed by atoms with E-state index >= 15 is 0 Å². The first-order valence-corrected chi connectivity index (χ1v) is 8.99. The Bertz CT molecular complexity index is 585. The summed E-state index contributed by atoms with van der Waals surface area (Å²) in [6.07, 6.45) is 2.41. The number of nitrogens with zero attached hydrogens (tertiary/aromatic N) is 1. The molecule has 0 aromatic heterocycles. The van der Waals surface area contributed by atoms with Crippen LogP contribution in [0, 0.1) is 11.8 Å². The van der Waals surface area contributed by atoms with Crippen LogP contribution in [0.5, 0.6) is 0 Å². The number of carbonyl (C=O) groups is 2. The van der Waals surface area contributed by atoms with Crippen molar-refractivity contribution in [3.8, 4) is 0 Å². The van der Waals surface area contributed by atoms with Gasteiger partial charge in [0.15, 0.2) is 0 Å². The van der Waals surface area contributed by atoms with Gasteiger partial charge in [0.1, 0.15) is 0 Å². The molecule has 1 aromatic rings. The summed E-state index contributed by atoms with van der Waals surface area (Å²) >= 11 is 3.44. The van der Waals surface area contributed by atoms with E-state index in [1.165, 1.54) is 0 Å². The fourth-order valence-electron chi connectivity index (χ4n) is 3.28. The monoisotopic (exact) mass is 415 g/mol. The van der Waals surface area contributed by atoms with Gasteiger partial charge in [0.2, 0.25) is 11.8 Å². The highest BCUT2D eigenvalue weighted by molar-refractivity contribution is 9.10. The molecule has 1 atom stereocenters. The Morgan fingerprint density at radius 2 is 1.83 bits per heavy atom. The molecular weight excluding hydrogens is 394 g/mol. The van der Waals surface area contributed by atoms with E-state index in [1.54, 1.807) is 0 Å². The van der Waals surface area contributed by atoms with Crippen LogP contribution in [0.15, 0.2) is 28.7 Å². The van der Waals surface area contributed by atoms with Crippen LogP contribution >= 0.6 is 28.3 Å². The third kappa shape index (κ3) is 4.49. The number of carbonyl (C=O) groups excluding carboxylic acids is 2. The number of amides is 2. The molecule has 2 amide bonds. The largest absolute Gasteiger partial charge is 0.342 e. The van der Waals surface area contributed by atoms with Crippen molar-refractivity contribution in [2.45, 2.75) is 19.3 Å². The SMILES string of the molecule is Cl.O=C(Nc1ccccc1Br)C1CCN(C(=O)C2CCNC2)CC1. The Labute approximate surface area is 157 Å². The van der Waals surface area contributed by atoms with Crippen molar-refractivity contribution in [3.05, 3.63) is 28.7 Å². The summed E-state index contributed by atoms with van der Waals surface area (Å²) in [5, 5.41) is 6.22. The highest BCUT2D eigenvalue weighted by Crippen LogP contribution is 2.25. The van der Waals surface area contributed by atoms with Crippen molar-refractivity contribution in [1.82, 2.24) is 10.2 Å². The topological polar surface area (TPSA) is 61.4 Å². The van der Waals surface area contributed by atoms with Crippen LogP contribution in [-0.2, 0) is 9.59 Å². The van der Waals surface area contributed by atoms with Crippen molar-refractivity contribution in [2.24, 2.45) is 11.8 Å². The molecule has 2 heterocycles. The summed E-state index contributed by atoms with van der Waals surface area (Å²) in [5.74, 6) is 0.403. The maximum atomic E-state index is 12.4. The lowest BCUT2D eigenvalue weighted by Crippen LogP contribution is -2.44. The Morgan fingerprint density at radius 1 is 1.12 bits per heavy atom. The van der Waals surface area contributed by atoms with Crippen LogP contribution in [0.25, 0.3) is 0 Å². The van der Waals surface area contributed by atoms with E-state index in [0.717, 1.165) is 42.5 Å². The predicted molar refractivity (Wildman–Crippen MR) is 100 cm³/mol. The zero-order chi connectivity index (χ0) is 16.2. The molecule has 2 aliphatic rings. The Morgan fingerprint density at radius 3 is 2.46 bits per heavy atom. The summed E-state index contributed by atoms with van der Waals surface area (Å²) in [6, 6.07) is 7.61. The van der Waals surface area contributed by atoms with E-state index < -0.39 is 0 Å². The molecule has 24 heavy (non-hydrogen) atoms. The molecule has 2 fully saturated rings. The van der Waals surface area contributed by atoms with Gasteiger partial charge >= 0.3 is 0 Å². The van der Waals surface area contributed by atoms with Gasteiger partial charge < -0.3 is 15.5 Å². The number of rotatable bonds is 3. The molecule has 7 heteroatoms. The lowest BCUT2D eigenvalue weighted by atomic mass is 9.94. The number of para-hydroxylation sites is 1. The summed E-state index contributed by atoms with van der Waals surface area (Å²) in [5.41, 5.74) is 0.799.